The maximum absolute atomic E-state index is 12.9. The van der Waals surface area contributed by atoms with Crippen LogP contribution in [-0.2, 0) is 0 Å². The third-order valence-electron chi connectivity index (χ3n) is 3.89. The molecular weight excluding hydrogens is 293 g/mol. The van der Waals surface area contributed by atoms with Crippen molar-refractivity contribution in [2.24, 2.45) is 0 Å². The van der Waals surface area contributed by atoms with Gasteiger partial charge in [-0.3, -0.25) is 9.59 Å². The largest absolute Gasteiger partial charge is 0.352 e. The fraction of sp³-hybridized carbons (Fsp3) is 0.158. The van der Waals surface area contributed by atoms with Crippen molar-refractivity contribution in [3.63, 3.8) is 0 Å². The molecule has 0 radical (unpaired) electrons. The zero-order chi connectivity index (χ0) is 16.6. The maximum Gasteiger partial charge on any atom is 0.250 e. The average Bonchev–Trinajstić information content (AvgIpc) is 2.56. The molecule has 0 fully saturated rings. The molecule has 0 unspecified atom stereocenters. The lowest BCUT2D eigenvalue weighted by molar-refractivity contribution is 0.628. The number of halogens is 1. The molecule has 23 heavy (non-hydrogen) atoms. The van der Waals surface area contributed by atoms with Crippen molar-refractivity contribution in [2.75, 3.05) is 5.32 Å². The Kier molecular flexibility index (Phi) is 3.82. The SMILES string of the molecule is CC(C)c1ccc(-c2c(Nc3ccc(F)cc3)c(=O)c2=O)cc1. The fourth-order valence-electron chi connectivity index (χ4n) is 2.50. The van der Waals surface area contributed by atoms with E-state index in [0.29, 0.717) is 22.7 Å². The second-order valence-electron chi connectivity index (χ2n) is 5.82. The van der Waals surface area contributed by atoms with Gasteiger partial charge in [-0.05, 0) is 41.3 Å². The minimum Gasteiger partial charge on any atom is -0.352 e. The lowest BCUT2D eigenvalue weighted by Gasteiger charge is -2.14. The van der Waals surface area contributed by atoms with E-state index in [9.17, 15) is 14.0 Å². The Morgan fingerprint density at radius 1 is 0.870 bits per heavy atom. The molecule has 4 heteroatoms. The van der Waals surface area contributed by atoms with Crippen molar-refractivity contribution in [3.8, 4) is 11.1 Å². The molecule has 3 aromatic carbocycles. The molecule has 0 bridgehead atoms. The van der Waals surface area contributed by atoms with Gasteiger partial charge in [0.2, 0.25) is 5.43 Å². The Bertz CT molecular complexity index is 902. The minimum absolute atomic E-state index is 0.263. The summed E-state index contributed by atoms with van der Waals surface area (Å²) < 4.78 is 12.9. The molecule has 0 saturated carbocycles. The van der Waals surface area contributed by atoms with Gasteiger partial charge in [0.05, 0.1) is 5.56 Å². The number of nitrogens with one attached hydrogen (secondary N) is 1. The lowest BCUT2D eigenvalue weighted by Crippen LogP contribution is -2.35. The van der Waals surface area contributed by atoms with E-state index in [2.05, 4.69) is 19.2 Å². The molecule has 0 atom stereocenters. The predicted octanol–water partition coefficient (Wildman–Crippen LogP) is 3.96. The van der Waals surface area contributed by atoms with Gasteiger partial charge in [0.15, 0.2) is 0 Å². The van der Waals surface area contributed by atoms with E-state index in [1.807, 2.05) is 24.3 Å². The van der Waals surface area contributed by atoms with Crippen LogP contribution in [0.2, 0.25) is 0 Å². The van der Waals surface area contributed by atoms with Gasteiger partial charge in [-0.2, -0.15) is 0 Å². The number of hydrogen-bond donors (Lipinski definition) is 1. The molecule has 1 N–H and O–H groups in total. The molecule has 3 aromatic rings. The van der Waals surface area contributed by atoms with E-state index in [1.54, 1.807) is 0 Å². The van der Waals surface area contributed by atoms with E-state index < -0.39 is 10.9 Å². The third kappa shape index (κ3) is 2.80. The van der Waals surface area contributed by atoms with Crippen molar-refractivity contribution in [3.05, 3.63) is 80.4 Å². The summed E-state index contributed by atoms with van der Waals surface area (Å²) in [5.74, 6) is 0.0404. The number of anilines is 2. The first-order chi connectivity index (χ1) is 11.0. The van der Waals surface area contributed by atoms with Crippen LogP contribution in [0.5, 0.6) is 0 Å². The first kappa shape index (κ1) is 15.2. The molecular formula is C19H16FNO2. The second kappa shape index (κ2) is 5.80. The van der Waals surface area contributed by atoms with E-state index >= 15 is 0 Å². The van der Waals surface area contributed by atoms with E-state index in [4.69, 9.17) is 0 Å². The summed E-state index contributed by atoms with van der Waals surface area (Å²) in [5.41, 5.74) is 2.06. The lowest BCUT2D eigenvalue weighted by atomic mass is 9.95. The summed E-state index contributed by atoms with van der Waals surface area (Å²) in [6.07, 6.45) is 0. The van der Waals surface area contributed by atoms with Crippen LogP contribution in [0.4, 0.5) is 15.8 Å². The van der Waals surface area contributed by atoms with Gasteiger partial charge in [-0.25, -0.2) is 4.39 Å². The van der Waals surface area contributed by atoms with Gasteiger partial charge in [0, 0.05) is 5.69 Å². The molecule has 3 rings (SSSR count). The normalized spacial score (nSPS) is 11.1. The Balaban J connectivity index is 1.95. The summed E-state index contributed by atoms with van der Waals surface area (Å²) in [5, 5.41) is 2.91. The van der Waals surface area contributed by atoms with Crippen LogP contribution in [-0.4, -0.2) is 0 Å². The molecule has 0 aromatic heterocycles. The highest BCUT2D eigenvalue weighted by Crippen LogP contribution is 2.27. The standard InChI is InChI=1S/C19H16FNO2/c1-11(2)12-3-5-13(6-4-12)16-17(19(23)18(16)22)21-15-9-7-14(20)8-10-15/h3-11,21H,1-2H3. The third-order valence-corrected chi connectivity index (χ3v) is 3.89. The van der Waals surface area contributed by atoms with Crippen LogP contribution in [0.3, 0.4) is 0 Å². The molecule has 0 spiro atoms. The van der Waals surface area contributed by atoms with E-state index in [-0.39, 0.29) is 11.5 Å². The average molecular weight is 309 g/mol. The minimum atomic E-state index is -0.544. The van der Waals surface area contributed by atoms with Crippen LogP contribution in [0, 0.1) is 5.82 Å². The zero-order valence-corrected chi connectivity index (χ0v) is 12.9. The maximum atomic E-state index is 12.9. The quantitative estimate of drug-likeness (QED) is 0.742. The highest BCUT2D eigenvalue weighted by Gasteiger charge is 2.22. The Morgan fingerprint density at radius 3 is 2.04 bits per heavy atom. The summed E-state index contributed by atoms with van der Waals surface area (Å²) in [6.45, 7) is 4.18. The summed E-state index contributed by atoms with van der Waals surface area (Å²) in [7, 11) is 0. The molecule has 3 nitrogen and oxygen atoms in total. The van der Waals surface area contributed by atoms with Gasteiger partial charge in [-0.1, -0.05) is 38.1 Å². The Morgan fingerprint density at radius 2 is 1.48 bits per heavy atom. The van der Waals surface area contributed by atoms with Gasteiger partial charge in [0.1, 0.15) is 11.5 Å². The van der Waals surface area contributed by atoms with Gasteiger partial charge >= 0.3 is 0 Å². The van der Waals surface area contributed by atoms with Crippen molar-refractivity contribution >= 4 is 11.4 Å². The van der Waals surface area contributed by atoms with Gasteiger partial charge in [-0.15, -0.1) is 0 Å². The topological polar surface area (TPSA) is 46.2 Å². The van der Waals surface area contributed by atoms with E-state index in [1.165, 1.54) is 29.8 Å². The van der Waals surface area contributed by atoms with Crippen molar-refractivity contribution in [1.82, 2.24) is 0 Å². The number of benzene rings is 2. The smallest absolute Gasteiger partial charge is 0.250 e. The van der Waals surface area contributed by atoms with E-state index in [0.717, 1.165) is 0 Å². The summed E-state index contributed by atoms with van der Waals surface area (Å²) in [4.78, 5) is 23.8. The van der Waals surface area contributed by atoms with Crippen LogP contribution in [0.15, 0.2) is 58.1 Å². The summed E-state index contributed by atoms with van der Waals surface area (Å²) in [6, 6.07) is 13.3. The Hall–Kier alpha value is -2.75. The van der Waals surface area contributed by atoms with Crippen LogP contribution >= 0.6 is 0 Å². The number of hydrogen-bond acceptors (Lipinski definition) is 3. The predicted molar refractivity (Wildman–Crippen MR) is 90.6 cm³/mol. The Labute approximate surface area is 133 Å². The highest BCUT2D eigenvalue weighted by atomic mass is 19.1. The fourth-order valence-corrected chi connectivity index (χ4v) is 2.50. The van der Waals surface area contributed by atoms with Gasteiger partial charge in [0.25, 0.3) is 5.43 Å². The first-order valence-electron chi connectivity index (χ1n) is 7.43. The van der Waals surface area contributed by atoms with Crippen molar-refractivity contribution in [2.45, 2.75) is 19.8 Å². The molecule has 116 valence electrons. The zero-order valence-electron chi connectivity index (χ0n) is 12.9. The van der Waals surface area contributed by atoms with Crippen molar-refractivity contribution in [1.29, 1.82) is 0 Å². The summed E-state index contributed by atoms with van der Waals surface area (Å²) >= 11 is 0. The van der Waals surface area contributed by atoms with Crippen molar-refractivity contribution < 1.29 is 4.39 Å². The molecule has 0 aliphatic carbocycles. The molecule has 0 amide bonds. The van der Waals surface area contributed by atoms with Crippen LogP contribution < -0.4 is 16.2 Å². The molecule has 0 aliphatic heterocycles. The van der Waals surface area contributed by atoms with Crippen LogP contribution in [0.1, 0.15) is 25.3 Å². The monoisotopic (exact) mass is 309 g/mol. The first-order valence-corrected chi connectivity index (χ1v) is 7.43. The molecule has 0 saturated heterocycles. The van der Waals surface area contributed by atoms with Crippen LogP contribution in [0.25, 0.3) is 11.1 Å². The number of rotatable bonds is 4. The molecule has 0 heterocycles. The second-order valence-corrected chi connectivity index (χ2v) is 5.82. The molecule has 0 aliphatic rings. The van der Waals surface area contributed by atoms with Gasteiger partial charge < -0.3 is 5.32 Å². The highest BCUT2D eigenvalue weighted by molar-refractivity contribution is 5.84.